The van der Waals surface area contributed by atoms with Gasteiger partial charge in [0, 0.05) is 6.42 Å². The molecule has 3 heteroatoms. The average molecular weight is 258 g/mol. The quantitative estimate of drug-likeness (QED) is 0.492. The van der Waals surface area contributed by atoms with E-state index in [-0.39, 0.29) is 0 Å². The second-order valence-electron chi connectivity index (χ2n) is 4.43. The summed E-state index contributed by atoms with van der Waals surface area (Å²) in [6.07, 6.45) is -0.330. The molecule has 3 nitrogen and oxygen atoms in total. The Morgan fingerprint density at radius 3 is 2.53 bits per heavy atom. The van der Waals surface area contributed by atoms with Crippen molar-refractivity contribution < 1.29 is 14.9 Å². The maximum absolute atomic E-state index is 9.73. The molecule has 0 bridgehead atoms. The fourth-order valence-electron chi connectivity index (χ4n) is 1.28. The highest BCUT2D eigenvalue weighted by Gasteiger charge is 2.10. The minimum absolute atomic E-state index is 0.347. The molecular weight excluding hydrogens is 240 g/mol. The first-order valence-corrected chi connectivity index (χ1v) is 6.07. The Balaban J connectivity index is 2.36. The van der Waals surface area contributed by atoms with Crippen molar-refractivity contribution >= 4 is 0 Å². The molecule has 19 heavy (non-hydrogen) atoms. The molecule has 0 spiro atoms. The lowest BCUT2D eigenvalue weighted by molar-refractivity contribution is -0.174. The molecule has 0 aromatic heterocycles. The predicted octanol–water partition coefficient (Wildman–Crippen LogP) is 1.86. The van der Waals surface area contributed by atoms with Crippen molar-refractivity contribution in [2.75, 3.05) is 6.61 Å². The average Bonchev–Trinajstić information content (AvgIpc) is 2.37. The van der Waals surface area contributed by atoms with Crippen molar-refractivity contribution in [2.24, 2.45) is 0 Å². The van der Waals surface area contributed by atoms with Crippen LogP contribution in [0.2, 0.25) is 0 Å². The van der Waals surface area contributed by atoms with Crippen molar-refractivity contribution in [3.8, 4) is 23.7 Å². The third-order valence-electron chi connectivity index (χ3n) is 2.16. The Kier molecular flexibility index (Phi) is 6.12. The smallest absolute Gasteiger partial charge is 0.159 e. The summed E-state index contributed by atoms with van der Waals surface area (Å²) >= 11 is 0. The Morgan fingerprint density at radius 2 is 1.89 bits per heavy atom. The normalized spacial score (nSPS) is 11.8. The van der Waals surface area contributed by atoms with Gasteiger partial charge < -0.3 is 14.9 Å². The fraction of sp³-hybridized carbons (Fsp3) is 0.375. The van der Waals surface area contributed by atoms with Crippen LogP contribution in [0, 0.1) is 23.7 Å². The van der Waals surface area contributed by atoms with Gasteiger partial charge in [0.05, 0.1) is 6.61 Å². The van der Waals surface area contributed by atoms with Gasteiger partial charge in [-0.2, -0.15) is 0 Å². The summed E-state index contributed by atoms with van der Waals surface area (Å²) in [5, 5.41) is 19.0. The van der Waals surface area contributed by atoms with Crippen LogP contribution in [0.4, 0.5) is 0 Å². The highest BCUT2D eigenvalue weighted by molar-refractivity contribution is 5.31. The molecule has 1 aromatic rings. The Labute approximate surface area is 114 Å². The lowest BCUT2D eigenvalue weighted by Gasteiger charge is -2.16. The van der Waals surface area contributed by atoms with Crippen LogP contribution in [-0.4, -0.2) is 22.6 Å². The molecule has 100 valence electrons. The molecule has 1 atom stereocenters. The molecule has 1 rings (SSSR count). The molecule has 0 saturated heterocycles. The summed E-state index contributed by atoms with van der Waals surface area (Å²) in [4.78, 5) is 0. The zero-order valence-corrected chi connectivity index (χ0v) is 11.2. The van der Waals surface area contributed by atoms with Crippen LogP contribution in [0.5, 0.6) is 0 Å². The monoisotopic (exact) mass is 258 g/mol. The Bertz CT molecular complexity index is 492. The summed E-state index contributed by atoms with van der Waals surface area (Å²) in [7, 11) is 0. The van der Waals surface area contributed by atoms with Crippen LogP contribution in [0.15, 0.2) is 30.3 Å². The molecular formula is C16H18O3. The van der Waals surface area contributed by atoms with Crippen molar-refractivity contribution in [3.05, 3.63) is 35.9 Å². The van der Waals surface area contributed by atoms with Gasteiger partial charge in [-0.3, -0.25) is 0 Å². The second kappa shape index (κ2) is 7.61. The largest absolute Gasteiger partial charge is 0.376 e. The Morgan fingerprint density at radius 1 is 1.21 bits per heavy atom. The summed E-state index contributed by atoms with van der Waals surface area (Å²) < 4.78 is 5.08. The predicted molar refractivity (Wildman–Crippen MR) is 73.8 cm³/mol. The number of aliphatic hydroxyl groups is 2. The van der Waals surface area contributed by atoms with Crippen LogP contribution in [0.25, 0.3) is 0 Å². The number of ether oxygens (including phenoxy) is 1. The van der Waals surface area contributed by atoms with E-state index in [1.54, 1.807) is 13.8 Å². The van der Waals surface area contributed by atoms with Gasteiger partial charge in [0.25, 0.3) is 0 Å². The van der Waals surface area contributed by atoms with Crippen LogP contribution in [-0.2, 0) is 4.74 Å². The van der Waals surface area contributed by atoms with Gasteiger partial charge in [-0.25, -0.2) is 0 Å². The molecule has 2 N–H and O–H groups in total. The van der Waals surface area contributed by atoms with Crippen molar-refractivity contribution in [2.45, 2.75) is 32.2 Å². The first-order chi connectivity index (χ1) is 8.99. The van der Waals surface area contributed by atoms with Crippen molar-refractivity contribution in [1.82, 2.24) is 0 Å². The third-order valence-corrected chi connectivity index (χ3v) is 2.16. The van der Waals surface area contributed by atoms with Gasteiger partial charge in [-0.1, -0.05) is 42.2 Å². The summed E-state index contributed by atoms with van der Waals surface area (Å²) in [5.41, 5.74) is 0.752. The van der Waals surface area contributed by atoms with E-state index in [9.17, 15) is 10.2 Å². The molecule has 0 saturated carbocycles. The number of aliphatic hydroxyl groups excluding tert-OH is 1. The molecule has 0 unspecified atom stereocenters. The molecule has 0 fully saturated rings. The molecule has 0 aliphatic heterocycles. The van der Waals surface area contributed by atoms with Gasteiger partial charge in [-0.15, -0.1) is 0 Å². The van der Waals surface area contributed by atoms with Crippen molar-refractivity contribution in [1.29, 1.82) is 0 Å². The van der Waals surface area contributed by atoms with E-state index >= 15 is 0 Å². The number of benzene rings is 1. The van der Waals surface area contributed by atoms with Gasteiger partial charge in [0.15, 0.2) is 5.79 Å². The van der Waals surface area contributed by atoms with Crippen LogP contribution in [0.1, 0.15) is 31.9 Å². The van der Waals surface area contributed by atoms with Crippen LogP contribution < -0.4 is 0 Å². The molecule has 0 aliphatic rings. The van der Waals surface area contributed by atoms with E-state index in [0.29, 0.717) is 13.0 Å². The molecule has 0 aliphatic carbocycles. The first kappa shape index (κ1) is 15.3. The maximum Gasteiger partial charge on any atom is 0.159 e. The van der Waals surface area contributed by atoms with E-state index in [1.807, 2.05) is 30.3 Å². The highest BCUT2D eigenvalue weighted by atomic mass is 16.6. The number of hydrogen-bond donors (Lipinski definition) is 2. The van der Waals surface area contributed by atoms with Gasteiger partial charge in [-0.05, 0) is 31.3 Å². The van der Waals surface area contributed by atoms with Gasteiger partial charge >= 0.3 is 0 Å². The van der Waals surface area contributed by atoms with Gasteiger partial charge in [0.2, 0.25) is 0 Å². The van der Waals surface area contributed by atoms with E-state index in [2.05, 4.69) is 23.7 Å². The second-order valence-corrected chi connectivity index (χ2v) is 4.43. The first-order valence-electron chi connectivity index (χ1n) is 6.07. The van der Waals surface area contributed by atoms with Gasteiger partial charge in [0.1, 0.15) is 6.10 Å². The van der Waals surface area contributed by atoms with E-state index < -0.39 is 11.9 Å². The SMILES string of the molecule is CC(C)(O)OCCC#CC#C[C@H](O)c1ccccc1. The van der Waals surface area contributed by atoms with Crippen molar-refractivity contribution in [3.63, 3.8) is 0 Å². The third kappa shape index (κ3) is 7.28. The van der Waals surface area contributed by atoms with E-state index in [4.69, 9.17) is 4.74 Å². The summed E-state index contributed by atoms with van der Waals surface area (Å²) in [6, 6.07) is 9.19. The standard InChI is InChI=1S/C16H18O3/c1-16(2,18)19-13-9-4-3-8-12-15(17)14-10-6-5-7-11-14/h5-7,10-11,15,17-18H,9,13H2,1-2H3/t15-/m0/s1. The Hall–Kier alpha value is -1.78. The number of hydrogen-bond acceptors (Lipinski definition) is 3. The van der Waals surface area contributed by atoms with E-state index in [0.717, 1.165) is 5.56 Å². The zero-order chi connectivity index (χ0) is 14.1. The zero-order valence-electron chi connectivity index (χ0n) is 11.2. The number of rotatable bonds is 4. The maximum atomic E-state index is 9.73. The highest BCUT2D eigenvalue weighted by Crippen LogP contribution is 2.09. The fourth-order valence-corrected chi connectivity index (χ4v) is 1.28. The lowest BCUT2D eigenvalue weighted by Crippen LogP contribution is -2.23. The molecule has 0 heterocycles. The van der Waals surface area contributed by atoms with Crippen LogP contribution >= 0.6 is 0 Å². The van der Waals surface area contributed by atoms with E-state index in [1.165, 1.54) is 0 Å². The minimum Gasteiger partial charge on any atom is -0.376 e. The molecule has 0 amide bonds. The molecule has 0 radical (unpaired) electrons. The summed E-state index contributed by atoms with van der Waals surface area (Å²) in [6.45, 7) is 3.48. The lowest BCUT2D eigenvalue weighted by atomic mass is 10.1. The topological polar surface area (TPSA) is 49.7 Å². The minimum atomic E-state index is -1.13. The molecule has 1 aromatic carbocycles. The summed E-state index contributed by atoms with van der Waals surface area (Å²) in [5.74, 6) is 9.56. The van der Waals surface area contributed by atoms with Crippen LogP contribution in [0.3, 0.4) is 0 Å².